The number of hydrogen-bond acceptors (Lipinski definition) is 7. The van der Waals surface area contributed by atoms with Gasteiger partial charge in [-0.05, 0) is 37.1 Å². The van der Waals surface area contributed by atoms with E-state index in [-0.39, 0.29) is 0 Å². The minimum Gasteiger partial charge on any atom is -0.462 e. The second kappa shape index (κ2) is 7.11. The van der Waals surface area contributed by atoms with Crippen molar-refractivity contribution >= 4 is 17.2 Å². The fourth-order valence-corrected chi connectivity index (χ4v) is 3.85. The van der Waals surface area contributed by atoms with Crippen LogP contribution < -0.4 is 10.2 Å². The highest BCUT2D eigenvalue weighted by Gasteiger charge is 2.25. The molecule has 0 saturated carbocycles. The van der Waals surface area contributed by atoms with Crippen molar-refractivity contribution < 1.29 is 4.42 Å². The highest BCUT2D eigenvalue weighted by molar-refractivity contribution is 7.13. The Labute approximate surface area is 144 Å². The third-order valence-corrected chi connectivity index (χ3v) is 5.11. The van der Waals surface area contributed by atoms with Crippen LogP contribution in [0.4, 0.5) is 5.82 Å². The first kappa shape index (κ1) is 15.3. The van der Waals surface area contributed by atoms with E-state index in [1.807, 2.05) is 24.3 Å². The number of nitrogens with zero attached hydrogens (tertiary/aromatic N) is 4. The normalized spacial score (nSPS) is 17.5. The molecule has 0 aromatic carbocycles. The van der Waals surface area contributed by atoms with Crippen LogP contribution in [0.3, 0.4) is 0 Å². The Morgan fingerprint density at radius 3 is 3.17 bits per heavy atom. The van der Waals surface area contributed by atoms with Crippen molar-refractivity contribution in [3.63, 3.8) is 0 Å². The summed E-state index contributed by atoms with van der Waals surface area (Å²) < 4.78 is 5.39. The van der Waals surface area contributed by atoms with Gasteiger partial charge in [0.25, 0.3) is 0 Å². The summed E-state index contributed by atoms with van der Waals surface area (Å²) >= 11 is 1.61. The Morgan fingerprint density at radius 1 is 1.33 bits per heavy atom. The largest absolute Gasteiger partial charge is 0.462 e. The average molecular weight is 341 g/mol. The van der Waals surface area contributed by atoms with Crippen molar-refractivity contribution in [3.05, 3.63) is 47.8 Å². The summed E-state index contributed by atoms with van der Waals surface area (Å²) in [4.78, 5) is 6.96. The molecule has 1 atom stereocenters. The van der Waals surface area contributed by atoms with E-state index in [9.17, 15) is 0 Å². The SMILES string of the molecule is c1cnnc(N2CCC[C@@H]2CNCc2csc(-c3ccco3)n2)c1. The van der Waals surface area contributed by atoms with Gasteiger partial charge in [-0.1, -0.05) is 0 Å². The van der Waals surface area contributed by atoms with Gasteiger partial charge in [-0.15, -0.1) is 16.4 Å². The number of hydrogen-bond donors (Lipinski definition) is 1. The number of thiazole rings is 1. The first-order chi connectivity index (χ1) is 11.9. The number of furan rings is 1. The predicted molar refractivity (Wildman–Crippen MR) is 93.9 cm³/mol. The molecule has 1 fully saturated rings. The van der Waals surface area contributed by atoms with Gasteiger partial charge in [-0.2, -0.15) is 5.10 Å². The summed E-state index contributed by atoms with van der Waals surface area (Å²) in [6, 6.07) is 8.26. The molecule has 1 saturated heterocycles. The van der Waals surface area contributed by atoms with Gasteiger partial charge in [-0.3, -0.25) is 0 Å². The van der Waals surface area contributed by atoms with Crippen LogP contribution in [0.2, 0.25) is 0 Å². The number of rotatable bonds is 6. The van der Waals surface area contributed by atoms with E-state index in [0.29, 0.717) is 6.04 Å². The molecule has 124 valence electrons. The standard InChI is InChI=1S/C17H19N5OS/c1-6-16(21-19-7-1)22-8-2-4-14(22)11-18-10-13-12-24-17(20-13)15-5-3-9-23-15/h1,3,5-7,9,12,14,18H,2,4,8,10-11H2/t14-/m1/s1. The summed E-state index contributed by atoms with van der Waals surface area (Å²) in [5.74, 6) is 1.80. The van der Waals surface area contributed by atoms with Gasteiger partial charge in [0, 0.05) is 37.3 Å². The van der Waals surface area contributed by atoms with Gasteiger partial charge >= 0.3 is 0 Å². The van der Waals surface area contributed by atoms with Crippen molar-refractivity contribution in [3.8, 4) is 10.8 Å². The molecule has 3 aromatic heterocycles. The third kappa shape index (κ3) is 3.32. The molecule has 4 rings (SSSR count). The summed E-state index contributed by atoms with van der Waals surface area (Å²) in [7, 11) is 0. The highest BCUT2D eigenvalue weighted by atomic mass is 32.1. The molecule has 7 heteroatoms. The summed E-state index contributed by atoms with van der Waals surface area (Å²) in [5.41, 5.74) is 1.05. The van der Waals surface area contributed by atoms with E-state index in [4.69, 9.17) is 4.42 Å². The molecule has 0 radical (unpaired) electrons. The average Bonchev–Trinajstić information content (AvgIpc) is 3.37. The monoisotopic (exact) mass is 341 g/mol. The van der Waals surface area contributed by atoms with E-state index in [0.717, 1.165) is 41.9 Å². The highest BCUT2D eigenvalue weighted by Crippen LogP contribution is 2.24. The van der Waals surface area contributed by atoms with Crippen LogP contribution in [0.5, 0.6) is 0 Å². The molecule has 0 aliphatic carbocycles. The van der Waals surface area contributed by atoms with Crippen LogP contribution >= 0.6 is 11.3 Å². The van der Waals surface area contributed by atoms with E-state index in [1.165, 1.54) is 12.8 Å². The van der Waals surface area contributed by atoms with Crippen LogP contribution in [-0.4, -0.2) is 34.3 Å². The molecule has 0 spiro atoms. The number of aromatic nitrogens is 3. The Bertz CT molecular complexity index is 758. The van der Waals surface area contributed by atoms with E-state index in [1.54, 1.807) is 23.8 Å². The smallest absolute Gasteiger partial charge is 0.162 e. The maximum Gasteiger partial charge on any atom is 0.162 e. The maximum atomic E-state index is 5.39. The van der Waals surface area contributed by atoms with Crippen molar-refractivity contribution in [2.75, 3.05) is 18.0 Å². The summed E-state index contributed by atoms with van der Waals surface area (Å²) in [5, 5.41) is 14.8. The maximum absolute atomic E-state index is 5.39. The Morgan fingerprint density at radius 2 is 2.33 bits per heavy atom. The van der Waals surface area contributed by atoms with Crippen LogP contribution in [0, 0.1) is 0 Å². The Kier molecular flexibility index (Phi) is 4.53. The first-order valence-electron chi connectivity index (χ1n) is 8.13. The lowest BCUT2D eigenvalue weighted by atomic mass is 10.2. The number of anilines is 1. The van der Waals surface area contributed by atoms with Gasteiger partial charge < -0.3 is 14.6 Å². The molecule has 24 heavy (non-hydrogen) atoms. The van der Waals surface area contributed by atoms with Gasteiger partial charge in [-0.25, -0.2) is 4.98 Å². The van der Waals surface area contributed by atoms with Gasteiger partial charge in [0.15, 0.2) is 16.6 Å². The van der Waals surface area contributed by atoms with Gasteiger partial charge in [0.05, 0.1) is 12.0 Å². The molecule has 0 bridgehead atoms. The lowest BCUT2D eigenvalue weighted by Gasteiger charge is -2.25. The molecule has 0 amide bonds. The molecular formula is C17H19N5OS. The van der Waals surface area contributed by atoms with Crippen LogP contribution in [-0.2, 0) is 6.54 Å². The summed E-state index contributed by atoms with van der Waals surface area (Å²) in [6.45, 7) is 2.73. The van der Waals surface area contributed by atoms with Crippen molar-refractivity contribution in [1.82, 2.24) is 20.5 Å². The minimum atomic E-state index is 0.463. The molecule has 1 aliphatic heterocycles. The lowest BCUT2D eigenvalue weighted by molar-refractivity contribution is 0.565. The fraction of sp³-hybridized carbons (Fsp3) is 0.353. The zero-order valence-corrected chi connectivity index (χ0v) is 14.1. The van der Waals surface area contributed by atoms with Gasteiger partial charge in [0.2, 0.25) is 0 Å². The van der Waals surface area contributed by atoms with Crippen LogP contribution in [0.15, 0.2) is 46.5 Å². The second-order valence-corrected chi connectivity index (χ2v) is 6.68. The van der Waals surface area contributed by atoms with Gasteiger partial charge in [0.1, 0.15) is 0 Å². The fourth-order valence-electron chi connectivity index (χ4n) is 3.06. The van der Waals surface area contributed by atoms with E-state index < -0.39 is 0 Å². The predicted octanol–water partition coefficient (Wildman–Crippen LogP) is 2.95. The summed E-state index contributed by atoms with van der Waals surface area (Å²) in [6.07, 6.45) is 5.77. The molecular weight excluding hydrogens is 322 g/mol. The molecule has 0 unspecified atom stereocenters. The molecule has 3 aromatic rings. The molecule has 6 nitrogen and oxygen atoms in total. The van der Waals surface area contributed by atoms with E-state index >= 15 is 0 Å². The molecule has 1 N–H and O–H groups in total. The molecule has 4 heterocycles. The zero-order chi connectivity index (χ0) is 16.2. The van der Waals surface area contributed by atoms with Crippen molar-refractivity contribution in [1.29, 1.82) is 0 Å². The second-order valence-electron chi connectivity index (χ2n) is 5.82. The Balaban J connectivity index is 1.32. The van der Waals surface area contributed by atoms with Crippen LogP contribution in [0.25, 0.3) is 10.8 Å². The quantitative estimate of drug-likeness (QED) is 0.743. The van der Waals surface area contributed by atoms with Crippen molar-refractivity contribution in [2.24, 2.45) is 0 Å². The molecule has 1 aliphatic rings. The lowest BCUT2D eigenvalue weighted by Crippen LogP contribution is -2.38. The van der Waals surface area contributed by atoms with Crippen LogP contribution in [0.1, 0.15) is 18.5 Å². The van der Waals surface area contributed by atoms with E-state index in [2.05, 4.69) is 30.8 Å². The topological polar surface area (TPSA) is 67.1 Å². The first-order valence-corrected chi connectivity index (χ1v) is 9.01. The zero-order valence-electron chi connectivity index (χ0n) is 13.3. The third-order valence-electron chi connectivity index (χ3n) is 4.20. The Hall–Kier alpha value is -2.25. The minimum absolute atomic E-state index is 0.463. The number of nitrogens with one attached hydrogen (secondary N) is 1. The van der Waals surface area contributed by atoms with Crippen molar-refractivity contribution in [2.45, 2.75) is 25.4 Å².